The van der Waals surface area contributed by atoms with Crippen LogP contribution in [0.15, 0.2) is 0 Å². The predicted octanol–water partition coefficient (Wildman–Crippen LogP) is 5.83. The second kappa shape index (κ2) is 16.7. The molecule has 3 heteroatoms. The van der Waals surface area contributed by atoms with Crippen molar-refractivity contribution >= 4 is 12.6 Å². The fourth-order valence-electron chi connectivity index (χ4n) is 3.45. The third-order valence-corrected chi connectivity index (χ3v) is 5.45. The molecule has 1 N–H and O–H groups in total. The maximum absolute atomic E-state index is 9.72. The lowest BCUT2D eigenvalue weighted by molar-refractivity contribution is -0.893. The summed E-state index contributed by atoms with van der Waals surface area (Å²) in [6.45, 7) is 4.28. The first-order valence-electron chi connectivity index (χ1n) is 10.6. The molecule has 0 amide bonds. The lowest BCUT2D eigenvalue weighted by Crippen LogP contribution is -2.46. The molecule has 0 radical (unpaired) electrons. The zero-order valence-electron chi connectivity index (χ0n) is 16.9. The number of unbranched alkanes of at least 4 members (excludes halogenated alkanes) is 13. The summed E-state index contributed by atoms with van der Waals surface area (Å²) >= 11 is 4.16. The SMILES string of the molecule is CCCCCCCCCCCCCCCC[N+](C)(C)CC(O)CS. The van der Waals surface area contributed by atoms with Crippen LogP contribution in [0.3, 0.4) is 0 Å². The van der Waals surface area contributed by atoms with E-state index in [0.29, 0.717) is 5.75 Å². The molecule has 0 aliphatic carbocycles. The number of hydrogen-bond donors (Lipinski definition) is 2. The highest BCUT2D eigenvalue weighted by atomic mass is 32.1. The van der Waals surface area contributed by atoms with Crippen molar-refractivity contribution in [3.8, 4) is 0 Å². The van der Waals surface area contributed by atoms with Gasteiger partial charge in [0.15, 0.2) is 0 Å². The van der Waals surface area contributed by atoms with Crippen LogP contribution in [0.5, 0.6) is 0 Å². The Morgan fingerprint density at radius 2 is 1.08 bits per heavy atom. The van der Waals surface area contributed by atoms with Crippen LogP contribution in [0.4, 0.5) is 0 Å². The summed E-state index contributed by atoms with van der Waals surface area (Å²) in [6, 6.07) is 0. The Morgan fingerprint density at radius 1 is 0.708 bits per heavy atom. The number of thiol groups is 1. The molecule has 1 unspecified atom stereocenters. The topological polar surface area (TPSA) is 20.2 Å². The van der Waals surface area contributed by atoms with Gasteiger partial charge >= 0.3 is 0 Å². The number of likely N-dealkylation sites (N-methyl/N-ethyl adjacent to an activating group) is 1. The summed E-state index contributed by atoms with van der Waals surface area (Å²) in [7, 11) is 4.43. The minimum absolute atomic E-state index is 0.269. The third kappa shape index (κ3) is 17.1. The van der Waals surface area contributed by atoms with Crippen LogP contribution in [-0.4, -0.2) is 48.6 Å². The van der Waals surface area contributed by atoms with E-state index in [4.69, 9.17) is 0 Å². The van der Waals surface area contributed by atoms with Gasteiger partial charge in [0, 0.05) is 5.75 Å². The highest BCUT2D eigenvalue weighted by Gasteiger charge is 2.18. The number of nitrogens with zero attached hydrogens (tertiary/aromatic N) is 1. The Morgan fingerprint density at radius 3 is 1.46 bits per heavy atom. The van der Waals surface area contributed by atoms with Gasteiger partial charge in [-0.25, -0.2) is 0 Å². The van der Waals surface area contributed by atoms with Crippen molar-refractivity contribution in [2.75, 3.05) is 32.9 Å². The van der Waals surface area contributed by atoms with Crippen LogP contribution >= 0.6 is 12.6 Å². The molecule has 0 saturated heterocycles. The lowest BCUT2D eigenvalue weighted by atomic mass is 10.0. The number of quaternary nitrogens is 1. The van der Waals surface area contributed by atoms with Gasteiger partial charge in [0.1, 0.15) is 12.6 Å². The maximum Gasteiger partial charge on any atom is 0.112 e. The van der Waals surface area contributed by atoms with E-state index in [0.717, 1.165) is 11.0 Å². The Balaban J connectivity index is 3.25. The fourth-order valence-corrected chi connectivity index (χ4v) is 3.57. The normalized spacial score (nSPS) is 13.4. The average Bonchev–Trinajstić information content (AvgIpc) is 2.54. The van der Waals surface area contributed by atoms with Gasteiger partial charge < -0.3 is 9.59 Å². The van der Waals surface area contributed by atoms with Gasteiger partial charge in [-0.2, -0.15) is 12.6 Å². The summed E-state index contributed by atoms with van der Waals surface area (Å²) < 4.78 is 0.917. The highest BCUT2D eigenvalue weighted by molar-refractivity contribution is 7.80. The van der Waals surface area contributed by atoms with Crippen LogP contribution in [0, 0.1) is 0 Å². The molecule has 0 aliphatic rings. The minimum atomic E-state index is -0.269. The van der Waals surface area contributed by atoms with E-state index in [2.05, 4.69) is 33.6 Å². The van der Waals surface area contributed by atoms with Gasteiger partial charge in [0.05, 0.1) is 20.6 Å². The number of hydrogen-bond acceptors (Lipinski definition) is 2. The molecule has 24 heavy (non-hydrogen) atoms. The molecule has 0 rings (SSSR count). The first-order valence-corrected chi connectivity index (χ1v) is 11.3. The lowest BCUT2D eigenvalue weighted by Gasteiger charge is -2.31. The van der Waals surface area contributed by atoms with Crippen LogP contribution in [0.25, 0.3) is 0 Å². The summed E-state index contributed by atoms with van der Waals surface area (Å²) in [6.07, 6.45) is 19.5. The molecular weight excluding hydrogens is 314 g/mol. The molecular formula is C21H46NOS+. The first kappa shape index (κ1) is 24.3. The molecule has 1 atom stereocenters. The quantitative estimate of drug-likeness (QED) is 0.179. The second-order valence-corrected chi connectivity index (χ2v) is 8.64. The summed E-state index contributed by atoms with van der Waals surface area (Å²) in [5, 5.41) is 9.72. The smallest absolute Gasteiger partial charge is 0.112 e. The van der Waals surface area contributed by atoms with Crippen LogP contribution < -0.4 is 0 Å². The van der Waals surface area contributed by atoms with E-state index in [1.54, 1.807) is 0 Å². The van der Waals surface area contributed by atoms with E-state index >= 15 is 0 Å². The average molecular weight is 361 g/mol. The van der Waals surface area contributed by atoms with Gasteiger partial charge in [-0.1, -0.05) is 84.0 Å². The Kier molecular flexibility index (Phi) is 16.9. The van der Waals surface area contributed by atoms with Crippen LogP contribution in [-0.2, 0) is 0 Å². The molecule has 0 spiro atoms. The number of rotatable bonds is 18. The maximum atomic E-state index is 9.72. The Bertz CT molecular complexity index is 258. The van der Waals surface area contributed by atoms with Crippen molar-refractivity contribution in [3.05, 3.63) is 0 Å². The second-order valence-electron chi connectivity index (χ2n) is 8.27. The van der Waals surface area contributed by atoms with Gasteiger partial charge in [0.2, 0.25) is 0 Å². The first-order chi connectivity index (χ1) is 11.5. The van der Waals surface area contributed by atoms with E-state index in [9.17, 15) is 5.11 Å². The predicted molar refractivity (Wildman–Crippen MR) is 112 cm³/mol. The number of aliphatic hydroxyl groups is 1. The van der Waals surface area contributed by atoms with Gasteiger partial charge in [-0.05, 0) is 12.8 Å². The molecule has 146 valence electrons. The largest absolute Gasteiger partial charge is 0.386 e. The molecule has 0 aromatic heterocycles. The van der Waals surface area contributed by atoms with E-state index in [1.165, 1.54) is 96.4 Å². The van der Waals surface area contributed by atoms with Crippen molar-refractivity contribution < 1.29 is 9.59 Å². The molecule has 0 heterocycles. The standard InChI is InChI=1S/C21H45NOS/c1-4-5-6-7-8-9-10-11-12-13-14-15-16-17-18-22(2,3)19-21(23)20-24/h21,23H,4-20H2,1-3H3/p+1. The molecule has 0 bridgehead atoms. The van der Waals surface area contributed by atoms with E-state index in [1.807, 2.05) is 0 Å². The summed E-state index contributed by atoms with van der Waals surface area (Å²) in [5.74, 6) is 0.570. The van der Waals surface area contributed by atoms with Crippen LogP contribution in [0.2, 0.25) is 0 Å². The molecule has 0 aromatic carbocycles. The van der Waals surface area contributed by atoms with Crippen molar-refractivity contribution in [2.24, 2.45) is 0 Å². The zero-order valence-corrected chi connectivity index (χ0v) is 17.8. The Labute approximate surface area is 158 Å². The van der Waals surface area contributed by atoms with Crippen molar-refractivity contribution in [2.45, 2.75) is 103 Å². The summed E-state index contributed by atoms with van der Waals surface area (Å²) in [4.78, 5) is 0. The fraction of sp³-hybridized carbons (Fsp3) is 1.00. The molecule has 0 saturated carbocycles. The van der Waals surface area contributed by atoms with Gasteiger partial charge in [0.25, 0.3) is 0 Å². The summed E-state index contributed by atoms with van der Waals surface area (Å²) in [5.41, 5.74) is 0. The van der Waals surface area contributed by atoms with Gasteiger partial charge in [-0.3, -0.25) is 0 Å². The third-order valence-electron chi connectivity index (χ3n) is 5.03. The zero-order chi connectivity index (χ0) is 18.1. The van der Waals surface area contributed by atoms with E-state index < -0.39 is 0 Å². The van der Waals surface area contributed by atoms with Crippen molar-refractivity contribution in [1.29, 1.82) is 0 Å². The number of aliphatic hydroxyl groups excluding tert-OH is 1. The molecule has 0 fully saturated rings. The molecule has 0 aliphatic heterocycles. The van der Waals surface area contributed by atoms with Gasteiger partial charge in [-0.15, -0.1) is 0 Å². The van der Waals surface area contributed by atoms with E-state index in [-0.39, 0.29) is 6.10 Å². The minimum Gasteiger partial charge on any atom is -0.386 e. The molecule has 0 aromatic rings. The Hall–Kier alpha value is 0.270. The monoisotopic (exact) mass is 360 g/mol. The van der Waals surface area contributed by atoms with Crippen LogP contribution in [0.1, 0.15) is 96.8 Å². The van der Waals surface area contributed by atoms with Crippen molar-refractivity contribution in [1.82, 2.24) is 0 Å². The highest BCUT2D eigenvalue weighted by Crippen LogP contribution is 2.13. The molecule has 2 nitrogen and oxygen atoms in total. The van der Waals surface area contributed by atoms with Crippen molar-refractivity contribution in [3.63, 3.8) is 0 Å².